The molecule has 2 aromatic carbocycles. The number of fused-ring (bicyclic) bond motifs is 2. The van der Waals surface area contributed by atoms with Gasteiger partial charge < -0.3 is 24.1 Å². The van der Waals surface area contributed by atoms with Crippen LogP contribution in [0.4, 0.5) is 5.69 Å². The maximum Gasteiger partial charge on any atom is 0.258 e. The summed E-state index contributed by atoms with van der Waals surface area (Å²) >= 11 is 0. The molecule has 31 heavy (non-hydrogen) atoms. The molecule has 1 N–H and O–H groups in total. The lowest BCUT2D eigenvalue weighted by Crippen LogP contribution is -2.27. The standard InChI is InChI=1S/C24H24N2O5/c27-23(13-17-4-5-21-22(12-17)31-15-30-21)25-20-3-1-2-19-18(20)6-9-26(24(19)28)14-16-7-10-29-11-8-16/h1-6,9,12,16H,7-8,10-11,13-15H2,(H,25,27). The van der Waals surface area contributed by atoms with Gasteiger partial charge >= 0.3 is 0 Å². The van der Waals surface area contributed by atoms with Crippen molar-refractivity contribution < 1.29 is 19.0 Å². The average Bonchev–Trinajstić information content (AvgIpc) is 3.25. The molecule has 1 amide bonds. The third-order valence-corrected chi connectivity index (χ3v) is 5.89. The normalized spacial score (nSPS) is 15.9. The zero-order chi connectivity index (χ0) is 21.2. The maximum absolute atomic E-state index is 13.0. The summed E-state index contributed by atoms with van der Waals surface area (Å²) in [4.78, 5) is 25.7. The average molecular weight is 420 g/mol. The molecule has 1 saturated heterocycles. The van der Waals surface area contributed by atoms with E-state index in [0.717, 1.165) is 37.0 Å². The van der Waals surface area contributed by atoms with Crippen LogP contribution in [-0.2, 0) is 22.5 Å². The third kappa shape index (κ3) is 4.14. The topological polar surface area (TPSA) is 78.8 Å². The van der Waals surface area contributed by atoms with E-state index >= 15 is 0 Å². The molecule has 0 spiro atoms. The molecule has 160 valence electrons. The van der Waals surface area contributed by atoms with E-state index < -0.39 is 0 Å². The van der Waals surface area contributed by atoms with Crippen molar-refractivity contribution in [2.75, 3.05) is 25.3 Å². The molecule has 2 aliphatic rings. The molecule has 1 aromatic heterocycles. The van der Waals surface area contributed by atoms with Gasteiger partial charge in [-0.05, 0) is 54.7 Å². The number of anilines is 1. The van der Waals surface area contributed by atoms with Gasteiger partial charge in [0.15, 0.2) is 11.5 Å². The lowest BCUT2D eigenvalue weighted by molar-refractivity contribution is -0.115. The number of carbonyl (C=O) groups excluding carboxylic acids is 1. The maximum atomic E-state index is 13.0. The highest BCUT2D eigenvalue weighted by Gasteiger charge is 2.17. The number of rotatable bonds is 5. The van der Waals surface area contributed by atoms with Gasteiger partial charge in [0.05, 0.1) is 6.42 Å². The Morgan fingerprint density at radius 1 is 1.03 bits per heavy atom. The van der Waals surface area contributed by atoms with Crippen LogP contribution in [0.1, 0.15) is 18.4 Å². The zero-order valence-electron chi connectivity index (χ0n) is 17.1. The van der Waals surface area contributed by atoms with Crippen LogP contribution < -0.4 is 20.3 Å². The summed E-state index contributed by atoms with van der Waals surface area (Å²) < 4.78 is 17.9. The monoisotopic (exact) mass is 420 g/mol. The molecule has 0 radical (unpaired) electrons. The lowest BCUT2D eigenvalue weighted by Gasteiger charge is -2.23. The van der Waals surface area contributed by atoms with Gasteiger partial charge in [0.25, 0.3) is 5.56 Å². The second-order valence-corrected chi connectivity index (χ2v) is 8.01. The minimum Gasteiger partial charge on any atom is -0.454 e. The Morgan fingerprint density at radius 3 is 2.74 bits per heavy atom. The second kappa shape index (κ2) is 8.43. The molecule has 0 aliphatic carbocycles. The van der Waals surface area contributed by atoms with Crippen molar-refractivity contribution in [2.24, 2.45) is 5.92 Å². The Hall–Kier alpha value is -3.32. The number of nitrogens with one attached hydrogen (secondary N) is 1. The van der Waals surface area contributed by atoms with Crippen LogP contribution >= 0.6 is 0 Å². The van der Waals surface area contributed by atoms with Crippen LogP contribution in [0.3, 0.4) is 0 Å². The van der Waals surface area contributed by atoms with Crippen molar-refractivity contribution >= 4 is 22.4 Å². The SMILES string of the molecule is O=C(Cc1ccc2c(c1)OCO2)Nc1cccc2c(=O)n(CC3CCOCC3)ccc12. The minimum atomic E-state index is -0.155. The van der Waals surface area contributed by atoms with Gasteiger partial charge in [-0.2, -0.15) is 0 Å². The fourth-order valence-electron chi connectivity index (χ4n) is 4.21. The summed E-state index contributed by atoms with van der Waals surface area (Å²) in [6.45, 7) is 2.41. The van der Waals surface area contributed by atoms with E-state index in [1.54, 1.807) is 10.6 Å². The highest BCUT2D eigenvalue weighted by Crippen LogP contribution is 2.32. The molecular formula is C24H24N2O5. The van der Waals surface area contributed by atoms with Crippen molar-refractivity contribution in [3.05, 3.63) is 64.6 Å². The van der Waals surface area contributed by atoms with E-state index in [1.807, 2.05) is 42.6 Å². The predicted molar refractivity (Wildman–Crippen MR) is 117 cm³/mol. The van der Waals surface area contributed by atoms with E-state index in [0.29, 0.717) is 35.0 Å². The Balaban J connectivity index is 1.34. The van der Waals surface area contributed by atoms with Gasteiger partial charge in [0.1, 0.15) is 0 Å². The number of amides is 1. The van der Waals surface area contributed by atoms with E-state index in [9.17, 15) is 9.59 Å². The summed E-state index contributed by atoms with van der Waals surface area (Å²) in [5, 5.41) is 4.31. The number of nitrogens with zero attached hydrogens (tertiary/aromatic N) is 1. The van der Waals surface area contributed by atoms with Crippen molar-refractivity contribution in [1.29, 1.82) is 0 Å². The smallest absolute Gasteiger partial charge is 0.258 e. The first-order valence-electron chi connectivity index (χ1n) is 10.6. The molecular weight excluding hydrogens is 396 g/mol. The molecule has 3 aromatic rings. The van der Waals surface area contributed by atoms with Gasteiger partial charge in [0, 0.05) is 42.4 Å². The Kier molecular flexibility index (Phi) is 5.34. The number of hydrogen-bond acceptors (Lipinski definition) is 5. The quantitative estimate of drug-likeness (QED) is 0.685. The molecule has 7 nitrogen and oxygen atoms in total. The van der Waals surface area contributed by atoms with Crippen molar-refractivity contribution in [2.45, 2.75) is 25.8 Å². The van der Waals surface area contributed by atoms with Gasteiger partial charge in [-0.25, -0.2) is 0 Å². The Labute approximate surface area is 179 Å². The molecule has 5 rings (SSSR count). The predicted octanol–water partition coefficient (Wildman–Crippen LogP) is 3.34. The van der Waals surface area contributed by atoms with E-state index in [2.05, 4.69) is 5.32 Å². The molecule has 3 heterocycles. The molecule has 2 aliphatic heterocycles. The number of ether oxygens (including phenoxy) is 3. The number of carbonyl (C=O) groups is 1. The van der Waals surface area contributed by atoms with Gasteiger partial charge in [-0.1, -0.05) is 12.1 Å². The van der Waals surface area contributed by atoms with Crippen LogP contribution in [0.2, 0.25) is 0 Å². The first-order chi connectivity index (χ1) is 15.2. The van der Waals surface area contributed by atoms with Gasteiger partial charge in [-0.3, -0.25) is 9.59 Å². The van der Waals surface area contributed by atoms with Crippen LogP contribution in [0.25, 0.3) is 10.8 Å². The third-order valence-electron chi connectivity index (χ3n) is 5.89. The summed E-state index contributed by atoms with van der Waals surface area (Å²) in [7, 11) is 0. The summed E-state index contributed by atoms with van der Waals surface area (Å²) in [5.41, 5.74) is 1.44. The van der Waals surface area contributed by atoms with E-state index in [1.165, 1.54) is 0 Å². The minimum absolute atomic E-state index is 0.0316. The fraction of sp³-hybridized carbons (Fsp3) is 0.333. The summed E-state index contributed by atoms with van der Waals surface area (Å²) in [5.74, 6) is 1.64. The lowest BCUT2D eigenvalue weighted by atomic mass is 10.00. The van der Waals surface area contributed by atoms with Gasteiger partial charge in [-0.15, -0.1) is 0 Å². The van der Waals surface area contributed by atoms with Crippen LogP contribution in [0.15, 0.2) is 53.5 Å². The molecule has 0 atom stereocenters. The Bertz CT molecular complexity index is 1180. The van der Waals surface area contributed by atoms with E-state index in [-0.39, 0.29) is 24.7 Å². The summed E-state index contributed by atoms with van der Waals surface area (Å²) in [6.07, 6.45) is 3.97. The highest BCUT2D eigenvalue weighted by molar-refractivity contribution is 6.02. The molecule has 0 unspecified atom stereocenters. The highest BCUT2D eigenvalue weighted by atomic mass is 16.7. The fourth-order valence-corrected chi connectivity index (χ4v) is 4.21. The van der Waals surface area contributed by atoms with Crippen LogP contribution in [0, 0.1) is 5.92 Å². The number of hydrogen-bond donors (Lipinski definition) is 1. The molecule has 1 fully saturated rings. The number of benzene rings is 2. The van der Waals surface area contributed by atoms with Crippen molar-refractivity contribution in [3.63, 3.8) is 0 Å². The number of aromatic nitrogens is 1. The van der Waals surface area contributed by atoms with Crippen LogP contribution in [0.5, 0.6) is 11.5 Å². The van der Waals surface area contributed by atoms with Crippen molar-refractivity contribution in [3.8, 4) is 11.5 Å². The first-order valence-corrected chi connectivity index (χ1v) is 10.6. The Morgan fingerprint density at radius 2 is 1.87 bits per heavy atom. The van der Waals surface area contributed by atoms with Gasteiger partial charge in [0.2, 0.25) is 12.7 Å². The molecule has 0 saturated carbocycles. The zero-order valence-corrected chi connectivity index (χ0v) is 17.1. The summed E-state index contributed by atoms with van der Waals surface area (Å²) in [6, 6.07) is 12.8. The molecule has 0 bridgehead atoms. The first kappa shape index (κ1) is 19.6. The molecule has 7 heteroatoms. The van der Waals surface area contributed by atoms with Crippen LogP contribution in [-0.4, -0.2) is 30.5 Å². The number of pyridine rings is 1. The largest absolute Gasteiger partial charge is 0.454 e. The van der Waals surface area contributed by atoms with Crippen molar-refractivity contribution in [1.82, 2.24) is 4.57 Å². The van der Waals surface area contributed by atoms with E-state index in [4.69, 9.17) is 14.2 Å². The second-order valence-electron chi connectivity index (χ2n) is 8.01.